The van der Waals surface area contributed by atoms with Crippen LogP contribution < -0.4 is 0 Å². The van der Waals surface area contributed by atoms with Crippen LogP contribution >= 0.6 is 0 Å². The summed E-state index contributed by atoms with van der Waals surface area (Å²) in [6, 6.07) is 9.61. The molecule has 1 fully saturated rings. The van der Waals surface area contributed by atoms with Crippen LogP contribution in [0.2, 0.25) is 0 Å². The third-order valence-electron chi connectivity index (χ3n) is 5.06. The summed E-state index contributed by atoms with van der Waals surface area (Å²) >= 11 is 0. The SMILES string of the molecule is Cc1cc(C)c(S(=O)(=O)N2CCN(C(=O)Cc3ccc(F)cc3)CC2)c(C)c1. The lowest BCUT2D eigenvalue weighted by molar-refractivity contribution is -0.131. The molecule has 1 aliphatic heterocycles. The maximum Gasteiger partial charge on any atom is 0.243 e. The summed E-state index contributed by atoms with van der Waals surface area (Å²) in [6.45, 7) is 6.81. The first-order chi connectivity index (χ1) is 13.2. The van der Waals surface area contributed by atoms with Gasteiger partial charge in [-0.25, -0.2) is 12.8 Å². The summed E-state index contributed by atoms with van der Waals surface area (Å²) in [6.07, 6.45) is 0.184. The topological polar surface area (TPSA) is 57.7 Å². The van der Waals surface area contributed by atoms with Gasteiger partial charge in [0.2, 0.25) is 15.9 Å². The van der Waals surface area contributed by atoms with E-state index in [0.717, 1.165) is 22.3 Å². The average molecular weight is 405 g/mol. The highest BCUT2D eigenvalue weighted by atomic mass is 32.2. The van der Waals surface area contributed by atoms with E-state index in [2.05, 4.69) is 0 Å². The lowest BCUT2D eigenvalue weighted by Gasteiger charge is -2.34. The summed E-state index contributed by atoms with van der Waals surface area (Å²) in [4.78, 5) is 14.5. The van der Waals surface area contributed by atoms with Crippen LogP contribution in [0.4, 0.5) is 4.39 Å². The highest BCUT2D eigenvalue weighted by molar-refractivity contribution is 7.89. The molecule has 0 unspecified atom stereocenters. The Morgan fingerprint density at radius 3 is 2.04 bits per heavy atom. The van der Waals surface area contributed by atoms with E-state index in [4.69, 9.17) is 0 Å². The number of carbonyl (C=O) groups excluding carboxylic acids is 1. The largest absolute Gasteiger partial charge is 0.340 e. The molecule has 3 rings (SSSR count). The van der Waals surface area contributed by atoms with Crippen molar-refractivity contribution in [2.24, 2.45) is 0 Å². The molecule has 7 heteroatoms. The van der Waals surface area contributed by atoms with Gasteiger partial charge in [-0.05, 0) is 49.6 Å². The summed E-state index contributed by atoms with van der Waals surface area (Å²) < 4.78 is 40.7. The summed E-state index contributed by atoms with van der Waals surface area (Å²) in [5.41, 5.74) is 3.26. The summed E-state index contributed by atoms with van der Waals surface area (Å²) in [7, 11) is -3.60. The number of rotatable bonds is 4. The molecule has 1 saturated heterocycles. The Morgan fingerprint density at radius 1 is 0.964 bits per heavy atom. The maximum atomic E-state index is 13.1. The van der Waals surface area contributed by atoms with Crippen molar-refractivity contribution in [2.45, 2.75) is 32.1 Å². The molecule has 0 bridgehead atoms. The van der Waals surface area contributed by atoms with Gasteiger partial charge in [-0.3, -0.25) is 4.79 Å². The van der Waals surface area contributed by atoms with Gasteiger partial charge in [0.25, 0.3) is 0 Å². The quantitative estimate of drug-likeness (QED) is 0.787. The van der Waals surface area contributed by atoms with Crippen molar-refractivity contribution in [2.75, 3.05) is 26.2 Å². The van der Waals surface area contributed by atoms with Gasteiger partial charge in [0.05, 0.1) is 11.3 Å². The molecule has 0 spiro atoms. The number of hydrogen-bond acceptors (Lipinski definition) is 3. The maximum absolute atomic E-state index is 13.1. The van der Waals surface area contributed by atoms with Crippen LogP contribution in [0.3, 0.4) is 0 Å². The van der Waals surface area contributed by atoms with Crippen molar-refractivity contribution in [3.05, 3.63) is 64.5 Å². The van der Waals surface area contributed by atoms with E-state index in [9.17, 15) is 17.6 Å². The smallest absolute Gasteiger partial charge is 0.243 e. The second-order valence-corrected chi connectivity index (χ2v) is 9.19. The molecule has 2 aromatic rings. The molecule has 1 amide bonds. The average Bonchev–Trinajstić information content (AvgIpc) is 2.62. The van der Waals surface area contributed by atoms with Crippen LogP contribution in [-0.2, 0) is 21.2 Å². The van der Waals surface area contributed by atoms with Crippen molar-refractivity contribution in [1.29, 1.82) is 0 Å². The minimum absolute atomic E-state index is 0.0775. The van der Waals surface area contributed by atoms with Gasteiger partial charge < -0.3 is 4.90 Å². The molecule has 0 N–H and O–H groups in total. The number of halogens is 1. The van der Waals surface area contributed by atoms with Gasteiger partial charge in [0, 0.05) is 26.2 Å². The zero-order valence-corrected chi connectivity index (χ0v) is 17.2. The Bertz CT molecular complexity index is 956. The second-order valence-electron chi connectivity index (χ2n) is 7.32. The van der Waals surface area contributed by atoms with Gasteiger partial charge in [0.15, 0.2) is 0 Å². The van der Waals surface area contributed by atoms with Crippen LogP contribution in [0.15, 0.2) is 41.3 Å². The number of nitrogens with zero attached hydrogens (tertiary/aromatic N) is 2. The Labute approximate surface area is 165 Å². The van der Waals surface area contributed by atoms with Gasteiger partial charge in [-0.15, -0.1) is 0 Å². The molecule has 0 aromatic heterocycles. The lowest BCUT2D eigenvalue weighted by atomic mass is 10.1. The van der Waals surface area contributed by atoms with E-state index in [0.29, 0.717) is 18.0 Å². The molecule has 150 valence electrons. The van der Waals surface area contributed by atoms with Gasteiger partial charge in [-0.1, -0.05) is 29.8 Å². The molecule has 1 heterocycles. The molecular formula is C21H25FN2O3S. The molecule has 0 atom stereocenters. The summed E-state index contributed by atoms with van der Waals surface area (Å²) in [5.74, 6) is -0.414. The van der Waals surface area contributed by atoms with Crippen molar-refractivity contribution in [3.63, 3.8) is 0 Å². The Hall–Kier alpha value is -2.25. The fraction of sp³-hybridized carbons (Fsp3) is 0.381. The summed E-state index contributed by atoms with van der Waals surface area (Å²) in [5, 5.41) is 0. The predicted octanol–water partition coefficient (Wildman–Crippen LogP) is 2.83. The van der Waals surface area contributed by atoms with Crippen molar-refractivity contribution in [3.8, 4) is 0 Å². The first-order valence-electron chi connectivity index (χ1n) is 9.28. The Kier molecular flexibility index (Phi) is 5.86. The minimum atomic E-state index is -3.60. The lowest BCUT2D eigenvalue weighted by Crippen LogP contribution is -2.51. The normalized spacial score (nSPS) is 15.6. The van der Waals surface area contributed by atoms with Gasteiger partial charge in [0.1, 0.15) is 5.82 Å². The fourth-order valence-corrected chi connectivity index (χ4v) is 5.60. The molecule has 0 saturated carbocycles. The van der Waals surface area contributed by atoms with E-state index in [-0.39, 0.29) is 31.2 Å². The van der Waals surface area contributed by atoms with Crippen molar-refractivity contribution >= 4 is 15.9 Å². The van der Waals surface area contributed by atoms with Crippen molar-refractivity contribution in [1.82, 2.24) is 9.21 Å². The molecule has 0 radical (unpaired) electrons. The van der Waals surface area contributed by atoms with Crippen LogP contribution in [0.5, 0.6) is 0 Å². The van der Waals surface area contributed by atoms with E-state index in [1.165, 1.54) is 16.4 Å². The number of sulfonamides is 1. The predicted molar refractivity (Wildman–Crippen MR) is 106 cm³/mol. The number of aryl methyl sites for hydroxylation is 3. The van der Waals surface area contributed by atoms with Crippen molar-refractivity contribution < 1.29 is 17.6 Å². The molecule has 2 aromatic carbocycles. The van der Waals surface area contributed by atoms with Crippen LogP contribution in [0.25, 0.3) is 0 Å². The molecule has 28 heavy (non-hydrogen) atoms. The van der Waals surface area contributed by atoms with Gasteiger partial charge >= 0.3 is 0 Å². The third-order valence-corrected chi connectivity index (χ3v) is 7.27. The number of amides is 1. The van der Waals surface area contributed by atoms with E-state index < -0.39 is 10.0 Å². The number of carbonyl (C=O) groups is 1. The van der Waals surface area contributed by atoms with E-state index in [1.807, 2.05) is 32.9 Å². The molecule has 1 aliphatic rings. The van der Waals surface area contributed by atoms with Crippen LogP contribution in [0, 0.1) is 26.6 Å². The van der Waals surface area contributed by atoms with Crippen LogP contribution in [0.1, 0.15) is 22.3 Å². The zero-order valence-electron chi connectivity index (χ0n) is 16.4. The second kappa shape index (κ2) is 8.01. The highest BCUT2D eigenvalue weighted by Crippen LogP contribution is 2.26. The number of benzene rings is 2. The highest BCUT2D eigenvalue weighted by Gasteiger charge is 2.32. The standard InChI is InChI=1S/C21H25FN2O3S/c1-15-12-16(2)21(17(3)13-15)28(26,27)24-10-8-23(9-11-24)20(25)14-18-4-6-19(22)7-5-18/h4-7,12-13H,8-11,14H2,1-3H3. The number of piperazine rings is 1. The monoisotopic (exact) mass is 404 g/mol. The molecule has 0 aliphatic carbocycles. The van der Waals surface area contributed by atoms with Gasteiger partial charge in [-0.2, -0.15) is 4.31 Å². The van der Waals surface area contributed by atoms with E-state index in [1.54, 1.807) is 17.0 Å². The van der Waals surface area contributed by atoms with E-state index >= 15 is 0 Å². The van der Waals surface area contributed by atoms with Crippen LogP contribution in [-0.4, -0.2) is 49.7 Å². The Morgan fingerprint density at radius 2 is 1.50 bits per heavy atom. The molecule has 5 nitrogen and oxygen atoms in total. The first kappa shape index (κ1) is 20.5. The zero-order chi connectivity index (χ0) is 20.5. The number of hydrogen-bond donors (Lipinski definition) is 0. The first-order valence-corrected chi connectivity index (χ1v) is 10.7. The molecular weight excluding hydrogens is 379 g/mol. The third kappa shape index (κ3) is 4.25. The fourth-order valence-electron chi connectivity index (χ4n) is 3.77. The Balaban J connectivity index is 1.68. The minimum Gasteiger partial charge on any atom is -0.340 e.